The fourth-order valence-corrected chi connectivity index (χ4v) is 2.06. The van der Waals surface area contributed by atoms with Crippen molar-refractivity contribution < 1.29 is 23.9 Å². The van der Waals surface area contributed by atoms with Crippen LogP contribution in [0, 0.1) is 10.1 Å². The maximum atomic E-state index is 12.6. The zero-order valence-corrected chi connectivity index (χ0v) is 9.11. The quantitative estimate of drug-likeness (QED) is 0.620. The van der Waals surface area contributed by atoms with Gasteiger partial charge in [-0.3, -0.25) is 14.8 Å². The Balaban J connectivity index is 2.30. The summed E-state index contributed by atoms with van der Waals surface area (Å²) < 4.78 is 26.2. The van der Waals surface area contributed by atoms with Crippen LogP contribution in [0.4, 0.5) is 14.5 Å². The van der Waals surface area contributed by atoms with E-state index in [2.05, 4.69) is 5.10 Å². The molecule has 1 aromatic heterocycles. The van der Waals surface area contributed by atoms with E-state index in [1.54, 1.807) is 0 Å². The van der Waals surface area contributed by atoms with Crippen LogP contribution in [0.5, 0.6) is 0 Å². The van der Waals surface area contributed by atoms with Crippen LogP contribution < -0.4 is 0 Å². The number of rotatable bonds is 3. The summed E-state index contributed by atoms with van der Waals surface area (Å²) in [5.41, 5.74) is -1.64. The number of hydrogen-bond acceptors (Lipinski definition) is 5. The molecule has 1 aliphatic carbocycles. The molecule has 1 fully saturated rings. The van der Waals surface area contributed by atoms with Gasteiger partial charge in [-0.15, -0.1) is 0 Å². The van der Waals surface area contributed by atoms with Crippen LogP contribution in [0.3, 0.4) is 0 Å². The van der Waals surface area contributed by atoms with E-state index >= 15 is 0 Å². The molecule has 7 nitrogen and oxygen atoms in total. The Kier molecular flexibility index (Phi) is 3.26. The molecule has 0 bridgehead atoms. The highest BCUT2D eigenvalue weighted by Crippen LogP contribution is 2.34. The molecule has 0 radical (unpaired) electrons. The first-order valence-corrected chi connectivity index (χ1v) is 5.28. The number of nitro groups is 1. The number of alkyl halides is 2. The first kappa shape index (κ1) is 12.8. The largest absolute Gasteiger partial charge is 0.390 e. The number of nitrogens with zero attached hydrogens (tertiary/aromatic N) is 3. The fourth-order valence-electron chi connectivity index (χ4n) is 2.06. The Bertz CT molecular complexity index is 455. The molecule has 2 rings (SSSR count). The van der Waals surface area contributed by atoms with Crippen molar-refractivity contribution in [3.63, 3.8) is 0 Å². The second kappa shape index (κ2) is 4.58. The maximum absolute atomic E-state index is 12.6. The molecular formula is C9H11F2N3O4. The molecule has 1 heterocycles. The molecule has 1 aromatic rings. The monoisotopic (exact) mass is 263 g/mol. The van der Waals surface area contributed by atoms with E-state index in [0.29, 0.717) is 0 Å². The van der Waals surface area contributed by atoms with Crippen LogP contribution in [-0.4, -0.2) is 37.1 Å². The Morgan fingerprint density at radius 2 is 2.00 bits per heavy atom. The highest BCUT2D eigenvalue weighted by atomic mass is 19.3. The Morgan fingerprint density at radius 3 is 2.39 bits per heavy atom. The summed E-state index contributed by atoms with van der Waals surface area (Å²) in [6, 6.07) is -0.513. The lowest BCUT2D eigenvalue weighted by atomic mass is 10.2. The van der Waals surface area contributed by atoms with Crippen molar-refractivity contribution >= 4 is 5.69 Å². The molecule has 3 atom stereocenters. The number of hydrogen-bond donors (Lipinski definition) is 2. The molecular weight excluding hydrogens is 252 g/mol. The maximum Gasteiger partial charge on any atom is 0.316 e. The van der Waals surface area contributed by atoms with Gasteiger partial charge < -0.3 is 10.2 Å². The topological polar surface area (TPSA) is 101 Å². The molecule has 1 unspecified atom stereocenters. The third kappa shape index (κ3) is 2.18. The molecule has 0 amide bonds. The summed E-state index contributed by atoms with van der Waals surface area (Å²) in [6.45, 7) is 0. The van der Waals surface area contributed by atoms with Gasteiger partial charge in [-0.2, -0.15) is 5.10 Å². The van der Waals surface area contributed by atoms with E-state index in [-0.39, 0.29) is 12.8 Å². The molecule has 1 aliphatic rings. The van der Waals surface area contributed by atoms with E-state index in [0.717, 1.165) is 10.9 Å². The standard InChI is InChI=1S/C9H11F2N3O4/c10-9(11)8-5(14(17)18)3-13(12-8)4-1-6(15)7(16)2-4/h3-4,6-7,9,15-16H,1-2H2/t4?,6-,7+. The van der Waals surface area contributed by atoms with E-state index in [4.69, 9.17) is 0 Å². The van der Waals surface area contributed by atoms with Crippen molar-refractivity contribution in [2.75, 3.05) is 0 Å². The summed E-state index contributed by atoms with van der Waals surface area (Å²) in [5, 5.41) is 32.8. The van der Waals surface area contributed by atoms with Crippen molar-refractivity contribution in [1.29, 1.82) is 0 Å². The van der Waals surface area contributed by atoms with Gasteiger partial charge in [0.1, 0.15) is 6.20 Å². The molecule has 0 spiro atoms. The van der Waals surface area contributed by atoms with E-state index in [9.17, 15) is 29.1 Å². The molecule has 100 valence electrons. The summed E-state index contributed by atoms with van der Waals surface area (Å²) in [7, 11) is 0. The summed E-state index contributed by atoms with van der Waals surface area (Å²) in [4.78, 5) is 9.68. The lowest BCUT2D eigenvalue weighted by Gasteiger charge is -2.08. The van der Waals surface area contributed by atoms with E-state index in [1.807, 2.05) is 0 Å². The van der Waals surface area contributed by atoms with Gasteiger partial charge in [0.05, 0.1) is 23.2 Å². The normalized spacial score (nSPS) is 27.9. The van der Waals surface area contributed by atoms with Crippen LogP contribution in [-0.2, 0) is 0 Å². The van der Waals surface area contributed by atoms with Crippen molar-refractivity contribution in [2.24, 2.45) is 0 Å². The van der Waals surface area contributed by atoms with Gasteiger partial charge >= 0.3 is 5.69 Å². The van der Waals surface area contributed by atoms with E-state index in [1.165, 1.54) is 0 Å². The van der Waals surface area contributed by atoms with Crippen LogP contribution in [0.25, 0.3) is 0 Å². The van der Waals surface area contributed by atoms with Crippen LogP contribution in [0.15, 0.2) is 6.20 Å². The summed E-state index contributed by atoms with van der Waals surface area (Å²) >= 11 is 0. The molecule has 9 heteroatoms. The Hall–Kier alpha value is -1.61. The average Bonchev–Trinajstić information content (AvgIpc) is 2.83. The average molecular weight is 263 g/mol. The minimum absolute atomic E-state index is 0.128. The Morgan fingerprint density at radius 1 is 1.44 bits per heavy atom. The smallest absolute Gasteiger partial charge is 0.316 e. The zero-order chi connectivity index (χ0) is 13.4. The lowest BCUT2D eigenvalue weighted by molar-refractivity contribution is -0.386. The highest BCUT2D eigenvalue weighted by Gasteiger charge is 2.36. The molecule has 18 heavy (non-hydrogen) atoms. The van der Waals surface area contributed by atoms with Gasteiger partial charge in [-0.05, 0) is 12.8 Å². The van der Waals surface area contributed by atoms with Gasteiger partial charge in [-0.1, -0.05) is 0 Å². The SMILES string of the molecule is O=[N+]([O-])c1cn(C2C[C@@H](O)[C@@H](O)C2)nc1C(F)F. The molecule has 0 aliphatic heterocycles. The minimum Gasteiger partial charge on any atom is -0.390 e. The van der Waals surface area contributed by atoms with Crippen LogP contribution in [0.1, 0.15) is 31.0 Å². The molecule has 0 saturated heterocycles. The fraction of sp³-hybridized carbons (Fsp3) is 0.667. The zero-order valence-electron chi connectivity index (χ0n) is 9.11. The number of aliphatic hydroxyl groups is 2. The third-order valence-electron chi connectivity index (χ3n) is 2.99. The van der Waals surface area contributed by atoms with Crippen molar-refractivity contribution in [1.82, 2.24) is 9.78 Å². The van der Waals surface area contributed by atoms with Crippen molar-refractivity contribution in [3.05, 3.63) is 22.0 Å². The predicted molar refractivity (Wildman–Crippen MR) is 54.1 cm³/mol. The second-order valence-electron chi connectivity index (χ2n) is 4.20. The highest BCUT2D eigenvalue weighted by molar-refractivity contribution is 5.33. The molecule has 1 saturated carbocycles. The van der Waals surface area contributed by atoms with Gasteiger partial charge in [0.15, 0.2) is 0 Å². The molecule has 0 aromatic carbocycles. The van der Waals surface area contributed by atoms with Crippen LogP contribution >= 0.6 is 0 Å². The second-order valence-corrected chi connectivity index (χ2v) is 4.20. The minimum atomic E-state index is -3.04. The van der Waals surface area contributed by atoms with Gasteiger partial charge in [0.25, 0.3) is 6.43 Å². The first-order chi connectivity index (χ1) is 8.40. The first-order valence-electron chi connectivity index (χ1n) is 5.28. The lowest BCUT2D eigenvalue weighted by Crippen LogP contribution is -2.17. The van der Waals surface area contributed by atoms with Gasteiger partial charge in [0.2, 0.25) is 5.69 Å². The predicted octanol–water partition coefficient (Wildman–Crippen LogP) is 0.786. The summed E-state index contributed by atoms with van der Waals surface area (Å²) in [6.07, 6.45) is -3.80. The number of aliphatic hydroxyl groups excluding tert-OH is 2. The van der Waals surface area contributed by atoms with Crippen molar-refractivity contribution in [2.45, 2.75) is 37.5 Å². The van der Waals surface area contributed by atoms with Crippen LogP contribution in [0.2, 0.25) is 0 Å². The number of halogens is 2. The third-order valence-corrected chi connectivity index (χ3v) is 2.99. The molecule has 2 N–H and O–H groups in total. The van der Waals surface area contributed by atoms with E-state index < -0.39 is 41.0 Å². The van der Waals surface area contributed by atoms with Gasteiger partial charge in [0, 0.05) is 0 Å². The number of aromatic nitrogens is 2. The van der Waals surface area contributed by atoms with Crippen molar-refractivity contribution in [3.8, 4) is 0 Å². The van der Waals surface area contributed by atoms with Gasteiger partial charge in [-0.25, -0.2) is 8.78 Å². The Labute approximate surface area is 99.8 Å². The summed E-state index contributed by atoms with van der Waals surface area (Å²) in [5.74, 6) is 0.